The quantitative estimate of drug-likeness (QED) is 0.0647. The second kappa shape index (κ2) is 20.2. The summed E-state index contributed by atoms with van der Waals surface area (Å²) in [6.07, 6.45) is 29.8. The first-order valence-corrected chi connectivity index (χ1v) is 15.1. The zero-order valence-electron chi connectivity index (χ0n) is 22.5. The van der Waals surface area contributed by atoms with E-state index in [0.29, 0.717) is 4.48 Å². The van der Waals surface area contributed by atoms with E-state index in [0.717, 1.165) is 25.7 Å². The van der Waals surface area contributed by atoms with Crippen molar-refractivity contribution in [3.63, 3.8) is 0 Å². The summed E-state index contributed by atoms with van der Waals surface area (Å²) in [5.41, 5.74) is 0. The van der Waals surface area contributed by atoms with Gasteiger partial charge in [-0.15, -0.1) is 0 Å². The van der Waals surface area contributed by atoms with Gasteiger partial charge in [0.1, 0.15) is 0 Å². The van der Waals surface area contributed by atoms with Gasteiger partial charge in [-0.2, -0.15) is 0 Å². The van der Waals surface area contributed by atoms with Gasteiger partial charge in [0.25, 0.3) is 5.28 Å². The number of nitrogens with zero attached hydrogens (tertiary/aromatic N) is 1. The lowest BCUT2D eigenvalue weighted by Gasteiger charge is -2.39. The minimum absolute atomic E-state index is 0.524. The van der Waals surface area contributed by atoms with Gasteiger partial charge in [0.15, 0.2) is 0 Å². The smallest absolute Gasteiger partial charge is 0.376 e. The summed E-state index contributed by atoms with van der Waals surface area (Å²) in [5.74, 6) is 0. The van der Waals surface area contributed by atoms with E-state index in [9.17, 15) is 9.46 Å². The van der Waals surface area contributed by atoms with Crippen molar-refractivity contribution in [2.75, 3.05) is 21.1 Å². The highest BCUT2D eigenvalue weighted by molar-refractivity contribution is 7.38. The molecule has 0 spiro atoms. The van der Waals surface area contributed by atoms with Gasteiger partial charge in [0, 0.05) is 12.8 Å². The maximum atomic E-state index is 12.1. The van der Waals surface area contributed by atoms with Crippen molar-refractivity contribution < 1.29 is 13.9 Å². The van der Waals surface area contributed by atoms with Gasteiger partial charge in [-0.1, -0.05) is 114 Å². The van der Waals surface area contributed by atoms with Gasteiger partial charge in [-0.25, -0.2) is 0 Å². The molecule has 2 unspecified atom stereocenters. The SMILES string of the molecule is C/C=C\CCCCCCCCCCCCCCCCCCC(CCC)([P+](=O)[O-])[N+](C)(C)C. The average molecular weight is 471 g/mol. The molecule has 0 heterocycles. The standard InChI is InChI=1S/C28H57NO2P/c1-6-8-9-10-11-12-13-14-15-16-17-18-19-20-21-22-23-24-25-27-28(26-7-2,32(30)31)29(3,4)5/h6,8H,7,9-27H2,1-5H3/q+1/b8-6-. The molecule has 0 rings (SSSR count). The topological polar surface area (TPSA) is 40.1 Å². The Labute approximate surface area is 202 Å². The van der Waals surface area contributed by atoms with Crippen molar-refractivity contribution in [3.8, 4) is 0 Å². The molecule has 190 valence electrons. The van der Waals surface area contributed by atoms with Crippen LogP contribution >= 0.6 is 8.03 Å². The van der Waals surface area contributed by atoms with Crippen LogP contribution in [0, 0.1) is 0 Å². The summed E-state index contributed by atoms with van der Waals surface area (Å²) < 4.78 is 12.6. The molecule has 0 fully saturated rings. The second-order valence-corrected chi connectivity index (χ2v) is 12.1. The molecule has 32 heavy (non-hydrogen) atoms. The average Bonchev–Trinajstić information content (AvgIpc) is 2.73. The first-order chi connectivity index (χ1) is 15.3. The van der Waals surface area contributed by atoms with Crippen LogP contribution in [-0.4, -0.2) is 30.9 Å². The van der Waals surface area contributed by atoms with E-state index in [1.807, 2.05) is 21.1 Å². The summed E-state index contributed by atoms with van der Waals surface area (Å²) in [4.78, 5) is 12.1. The van der Waals surface area contributed by atoms with E-state index in [4.69, 9.17) is 0 Å². The maximum absolute atomic E-state index is 12.1. The summed E-state index contributed by atoms with van der Waals surface area (Å²) in [7, 11) is 3.69. The molecule has 0 aliphatic rings. The predicted molar refractivity (Wildman–Crippen MR) is 141 cm³/mol. The first kappa shape index (κ1) is 31.8. The highest BCUT2D eigenvalue weighted by Gasteiger charge is 2.53. The Morgan fingerprint density at radius 3 is 1.38 bits per heavy atom. The van der Waals surface area contributed by atoms with Crippen molar-refractivity contribution >= 4 is 8.03 Å². The molecule has 0 saturated carbocycles. The van der Waals surface area contributed by atoms with E-state index in [1.54, 1.807) is 0 Å². The van der Waals surface area contributed by atoms with E-state index in [2.05, 4.69) is 26.0 Å². The third kappa shape index (κ3) is 14.8. The molecule has 0 N–H and O–H groups in total. The van der Waals surface area contributed by atoms with E-state index in [1.165, 1.54) is 103 Å². The second-order valence-electron chi connectivity index (χ2n) is 10.8. The maximum Gasteiger partial charge on any atom is 0.376 e. The number of unbranched alkanes of at least 4 members (excludes halogenated alkanes) is 16. The molecule has 0 amide bonds. The van der Waals surface area contributed by atoms with Gasteiger partial charge >= 0.3 is 8.03 Å². The largest absolute Gasteiger partial charge is 0.590 e. The van der Waals surface area contributed by atoms with Crippen LogP contribution < -0.4 is 4.89 Å². The van der Waals surface area contributed by atoms with E-state index >= 15 is 0 Å². The van der Waals surface area contributed by atoms with E-state index in [-0.39, 0.29) is 0 Å². The number of allylic oxidation sites excluding steroid dienone is 2. The van der Waals surface area contributed by atoms with Gasteiger partial charge in [0.2, 0.25) is 0 Å². The number of hydrogen-bond acceptors (Lipinski definition) is 2. The molecule has 0 saturated heterocycles. The predicted octanol–water partition coefficient (Wildman–Crippen LogP) is 8.89. The Hall–Kier alpha value is -0.240. The van der Waals surface area contributed by atoms with Crippen LogP contribution in [0.25, 0.3) is 0 Å². The van der Waals surface area contributed by atoms with Crippen molar-refractivity contribution in [1.82, 2.24) is 0 Å². The Morgan fingerprint density at radius 1 is 0.688 bits per heavy atom. The molecule has 0 aromatic carbocycles. The van der Waals surface area contributed by atoms with E-state index < -0.39 is 13.3 Å². The monoisotopic (exact) mass is 470 g/mol. The zero-order valence-corrected chi connectivity index (χ0v) is 23.4. The molecule has 0 aliphatic heterocycles. The summed E-state index contributed by atoms with van der Waals surface area (Å²) in [5, 5.41) is -0.587. The van der Waals surface area contributed by atoms with Gasteiger partial charge in [-0.05, 0) is 32.6 Å². The van der Waals surface area contributed by atoms with Crippen LogP contribution in [0.15, 0.2) is 12.2 Å². The lowest BCUT2D eigenvalue weighted by atomic mass is 9.99. The fraction of sp³-hybridized carbons (Fsp3) is 0.929. The normalized spacial score (nSPS) is 14.8. The Kier molecular flexibility index (Phi) is 20.0. The van der Waals surface area contributed by atoms with Crippen molar-refractivity contribution in [3.05, 3.63) is 12.2 Å². The van der Waals surface area contributed by atoms with Crippen LogP contribution in [0.4, 0.5) is 0 Å². The minimum atomic E-state index is -2.42. The van der Waals surface area contributed by atoms with Gasteiger partial charge < -0.3 is 4.89 Å². The number of rotatable bonds is 23. The molecule has 0 aliphatic carbocycles. The number of hydrogen-bond donors (Lipinski definition) is 0. The molecule has 0 radical (unpaired) electrons. The Morgan fingerprint density at radius 2 is 1.06 bits per heavy atom. The summed E-state index contributed by atoms with van der Waals surface area (Å²) in [6.45, 7) is 4.20. The lowest BCUT2D eigenvalue weighted by Crippen LogP contribution is -2.55. The third-order valence-corrected chi connectivity index (χ3v) is 8.90. The van der Waals surface area contributed by atoms with Crippen LogP contribution in [0.5, 0.6) is 0 Å². The lowest BCUT2D eigenvalue weighted by molar-refractivity contribution is -0.910. The van der Waals surface area contributed by atoms with Gasteiger partial charge in [-0.3, -0.25) is 4.48 Å². The van der Waals surface area contributed by atoms with Crippen molar-refractivity contribution in [2.45, 2.75) is 148 Å². The highest BCUT2D eigenvalue weighted by Crippen LogP contribution is 2.45. The molecule has 0 aromatic heterocycles. The van der Waals surface area contributed by atoms with Crippen molar-refractivity contribution in [1.29, 1.82) is 0 Å². The van der Waals surface area contributed by atoms with Crippen LogP contribution in [-0.2, 0) is 4.57 Å². The molecule has 0 aromatic rings. The molecule has 4 heteroatoms. The van der Waals surface area contributed by atoms with Crippen LogP contribution in [0.3, 0.4) is 0 Å². The fourth-order valence-corrected chi connectivity index (χ4v) is 6.17. The van der Waals surface area contributed by atoms with Crippen LogP contribution in [0.2, 0.25) is 0 Å². The zero-order chi connectivity index (χ0) is 24.1. The molecule has 0 bridgehead atoms. The number of quaternary nitrogens is 1. The fourth-order valence-electron chi connectivity index (χ4n) is 4.94. The summed E-state index contributed by atoms with van der Waals surface area (Å²) >= 11 is 0. The van der Waals surface area contributed by atoms with Crippen molar-refractivity contribution in [2.24, 2.45) is 0 Å². The molecular formula is C28H57NO2P+. The summed E-state index contributed by atoms with van der Waals surface area (Å²) in [6, 6.07) is 0. The molecule has 2 atom stereocenters. The molecule has 3 nitrogen and oxygen atoms in total. The van der Waals surface area contributed by atoms with Crippen LogP contribution in [0.1, 0.15) is 142 Å². The Balaban J connectivity index is 3.56. The first-order valence-electron chi connectivity index (χ1n) is 13.9. The highest BCUT2D eigenvalue weighted by atomic mass is 31.1. The minimum Gasteiger partial charge on any atom is -0.590 e. The third-order valence-electron chi connectivity index (χ3n) is 7.17. The molecular weight excluding hydrogens is 413 g/mol. The van der Waals surface area contributed by atoms with Gasteiger partial charge in [0.05, 0.1) is 21.1 Å². The Bertz CT molecular complexity index is 473.